The lowest BCUT2D eigenvalue weighted by Crippen LogP contribution is -2.50. The number of benzene rings is 2. The monoisotopic (exact) mass is 494 g/mol. The molecule has 2 amide bonds. The molecule has 2 rings (SSSR count). The fraction of sp³-hybridized carbons (Fsp3) is 0.440. The zero-order chi connectivity index (χ0) is 23.5. The molecule has 0 saturated carbocycles. The van der Waals surface area contributed by atoms with Gasteiger partial charge in [-0.3, -0.25) is 9.59 Å². The molecule has 0 aliphatic heterocycles. The van der Waals surface area contributed by atoms with Crippen LogP contribution in [0.2, 0.25) is 10.0 Å². The van der Waals surface area contributed by atoms with Crippen LogP contribution in [0.4, 0.5) is 0 Å². The van der Waals surface area contributed by atoms with Gasteiger partial charge in [-0.25, -0.2) is 0 Å². The van der Waals surface area contributed by atoms with E-state index in [1.54, 1.807) is 28.8 Å². The predicted molar refractivity (Wildman–Crippen MR) is 136 cm³/mol. The highest BCUT2D eigenvalue weighted by atomic mass is 35.5. The Kier molecular flexibility index (Phi) is 11.4. The van der Waals surface area contributed by atoms with Gasteiger partial charge in [0.1, 0.15) is 6.04 Å². The van der Waals surface area contributed by atoms with Crippen molar-refractivity contribution in [1.29, 1.82) is 0 Å². The second-order valence-electron chi connectivity index (χ2n) is 7.79. The van der Waals surface area contributed by atoms with Crippen molar-refractivity contribution in [3.63, 3.8) is 0 Å². The van der Waals surface area contributed by atoms with Crippen molar-refractivity contribution in [3.8, 4) is 0 Å². The fourth-order valence-corrected chi connectivity index (χ4v) is 4.62. The van der Waals surface area contributed by atoms with Crippen molar-refractivity contribution >= 4 is 46.8 Å². The highest BCUT2D eigenvalue weighted by Gasteiger charge is 2.29. The molecule has 0 aliphatic rings. The number of amides is 2. The summed E-state index contributed by atoms with van der Waals surface area (Å²) in [6.07, 6.45) is 1.71. The zero-order valence-corrected chi connectivity index (χ0v) is 21.3. The molecule has 0 unspecified atom stereocenters. The molecule has 0 saturated heterocycles. The van der Waals surface area contributed by atoms with Crippen molar-refractivity contribution in [2.75, 3.05) is 5.75 Å². The van der Waals surface area contributed by atoms with Crippen LogP contribution in [-0.2, 0) is 21.9 Å². The number of nitrogens with one attached hydrogen (secondary N) is 1. The van der Waals surface area contributed by atoms with E-state index >= 15 is 0 Å². The summed E-state index contributed by atoms with van der Waals surface area (Å²) in [7, 11) is 0. The Bertz CT molecular complexity index is 880. The van der Waals surface area contributed by atoms with E-state index in [1.165, 1.54) is 5.56 Å². The molecule has 0 bridgehead atoms. The summed E-state index contributed by atoms with van der Waals surface area (Å²) >= 11 is 14.1. The van der Waals surface area contributed by atoms with Crippen LogP contribution >= 0.6 is 35.0 Å². The lowest BCUT2D eigenvalue weighted by molar-refractivity contribution is -0.141. The number of nitrogens with zero attached hydrogens (tertiary/aromatic N) is 1. The van der Waals surface area contributed by atoms with Gasteiger partial charge in [0.25, 0.3) is 0 Å². The van der Waals surface area contributed by atoms with Crippen LogP contribution in [0.1, 0.15) is 51.2 Å². The second kappa shape index (κ2) is 13.8. The van der Waals surface area contributed by atoms with Crippen molar-refractivity contribution in [2.45, 2.75) is 64.4 Å². The van der Waals surface area contributed by atoms with E-state index in [-0.39, 0.29) is 24.4 Å². The first-order chi connectivity index (χ1) is 15.3. The van der Waals surface area contributed by atoms with E-state index in [0.29, 0.717) is 28.6 Å². The van der Waals surface area contributed by atoms with E-state index in [2.05, 4.69) is 17.4 Å². The molecular weight excluding hydrogens is 463 g/mol. The minimum Gasteiger partial charge on any atom is -0.352 e. The molecule has 1 N–H and O–H groups in total. The summed E-state index contributed by atoms with van der Waals surface area (Å²) in [5.74, 6) is 1.35. The maximum absolute atomic E-state index is 13.3. The second-order valence-corrected chi connectivity index (χ2v) is 9.74. The Morgan fingerprint density at radius 1 is 1.06 bits per heavy atom. The smallest absolute Gasteiger partial charge is 0.243 e. The van der Waals surface area contributed by atoms with E-state index < -0.39 is 6.04 Å². The third-order valence-electron chi connectivity index (χ3n) is 5.31. The Morgan fingerprint density at radius 2 is 1.78 bits per heavy atom. The van der Waals surface area contributed by atoms with Crippen LogP contribution < -0.4 is 5.32 Å². The molecule has 7 heteroatoms. The largest absolute Gasteiger partial charge is 0.352 e. The summed E-state index contributed by atoms with van der Waals surface area (Å²) in [6.45, 7) is 6.18. The van der Waals surface area contributed by atoms with Gasteiger partial charge in [-0.2, -0.15) is 11.8 Å². The minimum atomic E-state index is -0.553. The number of carbonyl (C=O) groups excluding carboxylic acids is 2. The van der Waals surface area contributed by atoms with Gasteiger partial charge in [0.05, 0.1) is 0 Å². The fourth-order valence-electron chi connectivity index (χ4n) is 3.26. The molecule has 174 valence electrons. The normalized spacial score (nSPS) is 12.8. The molecule has 0 aliphatic carbocycles. The average Bonchev–Trinajstić information content (AvgIpc) is 2.78. The van der Waals surface area contributed by atoms with Gasteiger partial charge in [0.15, 0.2) is 0 Å². The summed E-state index contributed by atoms with van der Waals surface area (Å²) in [4.78, 5) is 27.9. The number of carbonyl (C=O) groups is 2. The van der Waals surface area contributed by atoms with Crippen molar-refractivity contribution in [2.24, 2.45) is 0 Å². The van der Waals surface area contributed by atoms with Gasteiger partial charge in [-0.05, 0) is 43.0 Å². The predicted octanol–water partition coefficient (Wildman–Crippen LogP) is 6.34. The van der Waals surface area contributed by atoms with Crippen LogP contribution in [0, 0.1) is 0 Å². The molecule has 0 radical (unpaired) electrons. The third kappa shape index (κ3) is 8.34. The van der Waals surface area contributed by atoms with Crippen molar-refractivity contribution in [1.82, 2.24) is 10.2 Å². The van der Waals surface area contributed by atoms with E-state index in [4.69, 9.17) is 23.2 Å². The summed E-state index contributed by atoms with van der Waals surface area (Å²) in [5, 5.41) is 4.05. The van der Waals surface area contributed by atoms with Gasteiger partial charge < -0.3 is 10.2 Å². The van der Waals surface area contributed by atoms with Crippen molar-refractivity contribution < 1.29 is 9.59 Å². The summed E-state index contributed by atoms with van der Waals surface area (Å²) in [5.41, 5.74) is 2.00. The molecule has 4 nitrogen and oxygen atoms in total. The lowest BCUT2D eigenvalue weighted by Gasteiger charge is -2.31. The van der Waals surface area contributed by atoms with Crippen LogP contribution in [0.3, 0.4) is 0 Å². The van der Waals surface area contributed by atoms with Crippen LogP contribution in [0.5, 0.6) is 0 Å². The Labute approximate surface area is 206 Å². The highest BCUT2D eigenvalue weighted by molar-refractivity contribution is 7.98. The highest BCUT2D eigenvalue weighted by Crippen LogP contribution is 2.24. The number of halogens is 2. The summed E-state index contributed by atoms with van der Waals surface area (Å²) in [6, 6.07) is 14.9. The lowest BCUT2D eigenvalue weighted by atomic mass is 10.1. The molecule has 2 aromatic rings. The van der Waals surface area contributed by atoms with Gasteiger partial charge in [-0.15, -0.1) is 0 Å². The molecule has 0 heterocycles. The molecule has 0 spiro atoms. The van der Waals surface area contributed by atoms with E-state index in [1.807, 2.05) is 45.0 Å². The first-order valence-corrected chi connectivity index (χ1v) is 12.9. The quantitative estimate of drug-likeness (QED) is 0.350. The molecule has 0 fully saturated rings. The summed E-state index contributed by atoms with van der Waals surface area (Å²) < 4.78 is 0. The van der Waals surface area contributed by atoms with E-state index in [0.717, 1.165) is 17.7 Å². The average molecular weight is 496 g/mol. The molecular formula is C25H32Cl2N2O2S. The first-order valence-electron chi connectivity index (χ1n) is 11.0. The first kappa shape index (κ1) is 26.6. The Hall–Kier alpha value is -1.69. The number of hydrogen-bond acceptors (Lipinski definition) is 3. The molecule has 32 heavy (non-hydrogen) atoms. The minimum absolute atomic E-state index is 0.0500. The van der Waals surface area contributed by atoms with Crippen molar-refractivity contribution in [3.05, 3.63) is 69.7 Å². The SMILES string of the molecule is CC[C@@H](C)NC(=O)[C@H](CC)N(Cc1ccc(Cl)cc1Cl)C(=O)CCSCc1ccccc1. The maximum Gasteiger partial charge on any atom is 0.243 e. The molecule has 0 aromatic heterocycles. The van der Waals surface area contributed by atoms with Gasteiger partial charge >= 0.3 is 0 Å². The van der Waals surface area contributed by atoms with Gasteiger partial charge in [0, 0.05) is 40.6 Å². The van der Waals surface area contributed by atoms with Gasteiger partial charge in [-0.1, -0.05) is 73.4 Å². The Balaban J connectivity index is 2.11. The van der Waals surface area contributed by atoms with Crippen LogP contribution in [0.25, 0.3) is 0 Å². The topological polar surface area (TPSA) is 49.4 Å². The van der Waals surface area contributed by atoms with Gasteiger partial charge in [0.2, 0.25) is 11.8 Å². The third-order valence-corrected chi connectivity index (χ3v) is 6.93. The van der Waals surface area contributed by atoms with Crippen LogP contribution in [-0.4, -0.2) is 34.6 Å². The zero-order valence-electron chi connectivity index (χ0n) is 18.9. The standard InChI is InChI=1S/C25H32Cl2N2O2S/c1-4-18(3)28-25(31)23(5-2)29(16-20-11-12-21(26)15-22(20)27)24(30)13-14-32-17-19-9-7-6-8-10-19/h6-12,15,18,23H,4-5,13-14,16-17H2,1-3H3,(H,28,31)/t18-,23+/m1/s1. The van der Waals surface area contributed by atoms with Crippen LogP contribution in [0.15, 0.2) is 48.5 Å². The molecule has 2 aromatic carbocycles. The van der Waals surface area contributed by atoms with E-state index in [9.17, 15) is 9.59 Å². The maximum atomic E-state index is 13.3. The molecule has 2 atom stereocenters. The number of rotatable bonds is 12. The number of thioether (sulfide) groups is 1. The Morgan fingerprint density at radius 3 is 2.41 bits per heavy atom. The number of hydrogen-bond donors (Lipinski definition) is 1.